The van der Waals surface area contributed by atoms with Gasteiger partial charge in [-0.2, -0.15) is 0 Å². The second-order valence-corrected chi connectivity index (χ2v) is 10.3. The zero-order chi connectivity index (χ0) is 21.9. The molecule has 4 aliphatic rings. The number of aromatic hydroxyl groups is 1. The lowest BCUT2D eigenvalue weighted by Gasteiger charge is -2.61. The number of rotatable bonds is 3. The summed E-state index contributed by atoms with van der Waals surface area (Å²) in [6.45, 7) is 3.16. The van der Waals surface area contributed by atoms with Crippen molar-refractivity contribution in [3.05, 3.63) is 59.4 Å². The van der Waals surface area contributed by atoms with E-state index in [1.807, 2.05) is 23.1 Å². The summed E-state index contributed by atoms with van der Waals surface area (Å²) in [6.07, 6.45) is 8.82. The summed E-state index contributed by atoms with van der Waals surface area (Å²) in [6, 6.07) is 9.36. The molecule has 2 saturated heterocycles. The number of nitrogens with zero attached hydrogens (tertiary/aromatic N) is 3. The maximum Gasteiger partial charge on any atom is 0.255 e. The van der Waals surface area contributed by atoms with Gasteiger partial charge in [0.25, 0.3) is 5.91 Å². The molecular weight excluding hydrogens is 402 g/mol. The average Bonchev–Trinajstić information content (AvgIpc) is 3.63. The summed E-state index contributed by atoms with van der Waals surface area (Å²) in [5.41, 5.74) is 1.58. The fourth-order valence-corrected chi connectivity index (χ4v) is 6.74. The van der Waals surface area contributed by atoms with Crippen molar-refractivity contribution in [2.75, 3.05) is 26.2 Å². The van der Waals surface area contributed by atoms with E-state index < -0.39 is 11.0 Å². The van der Waals surface area contributed by atoms with Crippen LogP contribution in [0.2, 0.25) is 0 Å². The van der Waals surface area contributed by atoms with Gasteiger partial charge in [0, 0.05) is 43.5 Å². The van der Waals surface area contributed by atoms with Gasteiger partial charge in [0.1, 0.15) is 5.75 Å². The molecule has 0 spiro atoms. The molecular formula is C26H31N3O3. The summed E-state index contributed by atoms with van der Waals surface area (Å²) >= 11 is 0. The van der Waals surface area contributed by atoms with Crippen molar-refractivity contribution in [2.45, 2.75) is 55.6 Å². The molecule has 2 aliphatic carbocycles. The third-order valence-electron chi connectivity index (χ3n) is 8.63. The Balaban J connectivity index is 1.40. The van der Waals surface area contributed by atoms with Crippen LogP contribution >= 0.6 is 0 Å². The Kier molecular flexibility index (Phi) is 4.60. The fraction of sp³-hybridized carbons (Fsp3) is 0.538. The first kappa shape index (κ1) is 20.2. The number of likely N-dealkylation sites (tertiary alicyclic amines) is 2. The molecule has 6 heteroatoms. The van der Waals surface area contributed by atoms with Crippen molar-refractivity contribution in [1.82, 2.24) is 14.8 Å². The van der Waals surface area contributed by atoms with Gasteiger partial charge >= 0.3 is 0 Å². The standard InChI is InChI=1S/C26H31N3O3/c30-21-6-5-19-14-23-26(32)9-13-28(24(31)20-2-1-10-27-16-20)11-7-25(26,22(19)15-21)8-12-29(23)17-18-3-4-18/h1-2,5-6,10,15-16,18,23,30,32H,3-4,7-9,11-14,17H2/t23-,25+,26-/m1/s1. The monoisotopic (exact) mass is 433 g/mol. The van der Waals surface area contributed by atoms with Gasteiger partial charge in [-0.05, 0) is 86.4 Å². The Morgan fingerprint density at radius 3 is 2.72 bits per heavy atom. The van der Waals surface area contributed by atoms with Crippen LogP contribution < -0.4 is 0 Å². The van der Waals surface area contributed by atoms with Gasteiger partial charge in [0.2, 0.25) is 0 Å². The van der Waals surface area contributed by atoms with E-state index in [-0.39, 0.29) is 17.7 Å². The molecule has 32 heavy (non-hydrogen) atoms. The van der Waals surface area contributed by atoms with Crippen molar-refractivity contribution in [1.29, 1.82) is 0 Å². The number of amides is 1. The molecule has 3 fully saturated rings. The minimum atomic E-state index is -0.912. The Morgan fingerprint density at radius 1 is 1.12 bits per heavy atom. The van der Waals surface area contributed by atoms with Gasteiger partial charge in [-0.1, -0.05) is 6.07 Å². The molecule has 3 atom stereocenters. The minimum Gasteiger partial charge on any atom is -0.508 e. The van der Waals surface area contributed by atoms with Gasteiger partial charge in [-0.15, -0.1) is 0 Å². The molecule has 0 unspecified atom stereocenters. The highest BCUT2D eigenvalue weighted by atomic mass is 16.3. The number of phenols is 1. The van der Waals surface area contributed by atoms with Crippen LogP contribution in [0.15, 0.2) is 42.7 Å². The number of phenolic OH excluding ortho intramolecular Hbond substituents is 1. The molecule has 1 aromatic carbocycles. The van der Waals surface area contributed by atoms with Crippen LogP contribution in [0.1, 0.15) is 53.6 Å². The van der Waals surface area contributed by atoms with E-state index in [9.17, 15) is 15.0 Å². The first-order chi connectivity index (χ1) is 15.5. The van der Waals surface area contributed by atoms with Crippen molar-refractivity contribution in [2.24, 2.45) is 5.92 Å². The van der Waals surface area contributed by atoms with E-state index in [0.717, 1.165) is 37.4 Å². The summed E-state index contributed by atoms with van der Waals surface area (Å²) in [5, 5.41) is 22.8. The smallest absolute Gasteiger partial charge is 0.255 e. The third kappa shape index (κ3) is 3.00. The number of fused-ring (bicyclic) bond motifs is 1. The van der Waals surface area contributed by atoms with Crippen LogP contribution in [0.3, 0.4) is 0 Å². The number of piperidine rings is 1. The Labute approximate surface area is 188 Å². The first-order valence-electron chi connectivity index (χ1n) is 12.0. The number of aromatic nitrogens is 1. The molecule has 2 aromatic rings. The maximum atomic E-state index is 13.2. The highest BCUT2D eigenvalue weighted by Crippen LogP contribution is 2.56. The topological polar surface area (TPSA) is 76.9 Å². The number of benzene rings is 1. The maximum absolute atomic E-state index is 13.2. The molecule has 168 valence electrons. The summed E-state index contributed by atoms with van der Waals surface area (Å²) < 4.78 is 0. The molecule has 1 saturated carbocycles. The highest BCUT2D eigenvalue weighted by molar-refractivity contribution is 5.93. The SMILES string of the molecule is O=C(c1cccnc1)N1CC[C@]23CCN(CC4CC4)[C@H](Cc4ccc(O)cc42)[C@]3(O)CC1. The zero-order valence-corrected chi connectivity index (χ0v) is 18.4. The number of carbonyl (C=O) groups excluding carboxylic acids is 1. The third-order valence-corrected chi connectivity index (χ3v) is 8.63. The molecule has 6 rings (SSSR count). The minimum absolute atomic E-state index is 0.0164. The van der Waals surface area contributed by atoms with Gasteiger partial charge in [0.15, 0.2) is 0 Å². The predicted molar refractivity (Wildman–Crippen MR) is 121 cm³/mol. The summed E-state index contributed by atoms with van der Waals surface area (Å²) in [7, 11) is 0. The number of carbonyl (C=O) groups is 1. The van der Waals surface area contributed by atoms with Crippen molar-refractivity contribution < 1.29 is 15.0 Å². The fourth-order valence-electron chi connectivity index (χ4n) is 6.74. The lowest BCUT2D eigenvalue weighted by Crippen LogP contribution is -2.71. The second kappa shape index (κ2) is 7.29. The van der Waals surface area contributed by atoms with Crippen LogP contribution in [-0.2, 0) is 11.8 Å². The van der Waals surface area contributed by atoms with Crippen molar-refractivity contribution in [3.63, 3.8) is 0 Å². The Bertz CT molecular complexity index is 1040. The highest BCUT2D eigenvalue weighted by Gasteiger charge is 2.63. The van der Waals surface area contributed by atoms with Crippen molar-refractivity contribution >= 4 is 5.91 Å². The predicted octanol–water partition coefficient (Wildman–Crippen LogP) is 2.73. The Morgan fingerprint density at radius 2 is 1.94 bits per heavy atom. The lowest BCUT2D eigenvalue weighted by molar-refractivity contribution is -0.149. The molecule has 2 aliphatic heterocycles. The van der Waals surface area contributed by atoms with Gasteiger partial charge in [-0.25, -0.2) is 0 Å². The number of hydrogen-bond acceptors (Lipinski definition) is 5. The summed E-state index contributed by atoms with van der Waals surface area (Å²) in [5.74, 6) is 1.01. The van der Waals surface area contributed by atoms with Gasteiger partial charge in [0.05, 0.1) is 11.2 Å². The molecule has 3 heterocycles. The quantitative estimate of drug-likeness (QED) is 0.778. The van der Waals surface area contributed by atoms with E-state index in [4.69, 9.17) is 0 Å². The average molecular weight is 434 g/mol. The van der Waals surface area contributed by atoms with Crippen LogP contribution in [0.25, 0.3) is 0 Å². The molecule has 2 N–H and O–H groups in total. The van der Waals surface area contributed by atoms with E-state index >= 15 is 0 Å². The molecule has 6 nitrogen and oxygen atoms in total. The van der Waals surface area contributed by atoms with E-state index in [2.05, 4.69) is 9.88 Å². The van der Waals surface area contributed by atoms with Crippen LogP contribution in [0, 0.1) is 5.92 Å². The molecule has 1 amide bonds. The lowest BCUT2D eigenvalue weighted by atomic mass is 9.52. The first-order valence-corrected chi connectivity index (χ1v) is 12.0. The zero-order valence-electron chi connectivity index (χ0n) is 18.4. The van der Waals surface area contributed by atoms with Crippen LogP contribution in [0.5, 0.6) is 5.75 Å². The van der Waals surface area contributed by atoms with Gasteiger partial charge < -0.3 is 15.1 Å². The second-order valence-electron chi connectivity index (χ2n) is 10.3. The van der Waals surface area contributed by atoms with Crippen LogP contribution in [-0.4, -0.2) is 68.7 Å². The number of pyridine rings is 1. The Hall–Kier alpha value is -2.44. The number of aliphatic hydroxyl groups is 1. The summed E-state index contributed by atoms with van der Waals surface area (Å²) in [4.78, 5) is 21.8. The molecule has 2 bridgehead atoms. The normalized spacial score (nSPS) is 32.0. The molecule has 0 radical (unpaired) electrons. The molecule has 1 aromatic heterocycles. The largest absolute Gasteiger partial charge is 0.508 e. The van der Waals surface area contributed by atoms with E-state index in [1.165, 1.54) is 18.4 Å². The van der Waals surface area contributed by atoms with Crippen LogP contribution in [0.4, 0.5) is 0 Å². The van der Waals surface area contributed by atoms with Gasteiger partial charge in [-0.3, -0.25) is 14.7 Å². The number of hydrogen-bond donors (Lipinski definition) is 2. The van der Waals surface area contributed by atoms with E-state index in [0.29, 0.717) is 31.5 Å². The van der Waals surface area contributed by atoms with E-state index in [1.54, 1.807) is 24.5 Å². The van der Waals surface area contributed by atoms with Crippen molar-refractivity contribution in [3.8, 4) is 5.75 Å².